The normalized spacial score (nSPS) is 11.4. The van der Waals surface area contributed by atoms with Crippen LogP contribution in [0.15, 0.2) is 29.2 Å². The monoisotopic (exact) mass is 316 g/mol. The third-order valence-electron chi connectivity index (χ3n) is 3.59. The van der Waals surface area contributed by atoms with Crippen LogP contribution in [0, 0.1) is 0 Å². The molecule has 6 nitrogen and oxygen atoms in total. The summed E-state index contributed by atoms with van der Waals surface area (Å²) in [6.45, 7) is 5.17. The molecule has 0 unspecified atom stereocenters. The second kappa shape index (κ2) is 6.83. The molecule has 3 N–H and O–H groups in total. The van der Waals surface area contributed by atoms with Crippen molar-refractivity contribution < 1.29 is 4.79 Å². The van der Waals surface area contributed by atoms with E-state index in [0.29, 0.717) is 17.6 Å². The number of likely N-dealkylation sites (N-methyl/N-ethyl adjacent to an activating group) is 1. The van der Waals surface area contributed by atoms with Gasteiger partial charge in [0.15, 0.2) is 0 Å². The summed E-state index contributed by atoms with van der Waals surface area (Å²) in [4.78, 5) is 27.1. The van der Waals surface area contributed by atoms with E-state index in [-0.39, 0.29) is 22.9 Å². The maximum atomic E-state index is 12.7. The Kier molecular flexibility index (Phi) is 5.05. The van der Waals surface area contributed by atoms with E-state index in [1.54, 1.807) is 12.3 Å². The predicted octanol–water partition coefficient (Wildman–Crippen LogP) is 1.28. The number of nitrogens with zero attached hydrogens (tertiary/aromatic N) is 2. The van der Waals surface area contributed by atoms with Gasteiger partial charge < -0.3 is 20.5 Å². The topological polar surface area (TPSA) is 80.4 Å². The average Bonchev–Trinajstić information content (AvgIpc) is 2.45. The third kappa shape index (κ3) is 3.71. The van der Waals surface area contributed by atoms with Crippen LogP contribution < -0.4 is 16.5 Å². The molecule has 0 bridgehead atoms. The fourth-order valence-electron chi connectivity index (χ4n) is 2.46. The summed E-state index contributed by atoms with van der Waals surface area (Å²) >= 11 is 0. The predicted molar refractivity (Wildman–Crippen MR) is 93.8 cm³/mol. The summed E-state index contributed by atoms with van der Waals surface area (Å²) in [5.74, 6) is -0.367. The van der Waals surface area contributed by atoms with Crippen LogP contribution in [0.5, 0.6) is 0 Å². The number of nitrogens with one attached hydrogen (secondary N) is 1. The van der Waals surface area contributed by atoms with Crippen LogP contribution in [0.1, 0.15) is 24.2 Å². The summed E-state index contributed by atoms with van der Waals surface area (Å²) in [5, 5.41) is 3.18. The van der Waals surface area contributed by atoms with Crippen molar-refractivity contribution in [2.45, 2.75) is 26.4 Å². The number of carbonyl (C=O) groups excluding carboxylic acids is 1. The molecule has 2 aromatic rings. The molecule has 0 atom stereocenters. The highest BCUT2D eigenvalue weighted by molar-refractivity contribution is 6.00. The van der Waals surface area contributed by atoms with Gasteiger partial charge in [-0.3, -0.25) is 9.59 Å². The molecule has 0 saturated heterocycles. The molecule has 1 heterocycles. The molecule has 23 heavy (non-hydrogen) atoms. The fraction of sp³-hybridized carbons (Fsp3) is 0.412. The van der Waals surface area contributed by atoms with Crippen molar-refractivity contribution in [1.29, 1.82) is 0 Å². The first-order valence-corrected chi connectivity index (χ1v) is 7.68. The van der Waals surface area contributed by atoms with Crippen LogP contribution >= 0.6 is 0 Å². The van der Waals surface area contributed by atoms with Crippen molar-refractivity contribution in [2.24, 2.45) is 0 Å². The van der Waals surface area contributed by atoms with Gasteiger partial charge in [-0.1, -0.05) is 6.07 Å². The largest absolute Gasteiger partial charge is 0.398 e. The Morgan fingerprint density at radius 2 is 2.04 bits per heavy atom. The second-order valence-corrected chi connectivity index (χ2v) is 6.24. The van der Waals surface area contributed by atoms with Gasteiger partial charge >= 0.3 is 0 Å². The van der Waals surface area contributed by atoms with E-state index in [4.69, 9.17) is 5.73 Å². The van der Waals surface area contributed by atoms with Gasteiger partial charge in [0.25, 0.3) is 5.91 Å². The van der Waals surface area contributed by atoms with Crippen molar-refractivity contribution >= 4 is 22.5 Å². The third-order valence-corrected chi connectivity index (χ3v) is 3.59. The molecular formula is C17H24N4O2. The minimum atomic E-state index is -0.367. The minimum Gasteiger partial charge on any atom is -0.398 e. The van der Waals surface area contributed by atoms with Crippen LogP contribution in [0.2, 0.25) is 0 Å². The zero-order valence-electron chi connectivity index (χ0n) is 14.1. The van der Waals surface area contributed by atoms with Crippen LogP contribution in [0.3, 0.4) is 0 Å². The first kappa shape index (κ1) is 17.0. The van der Waals surface area contributed by atoms with Gasteiger partial charge in [-0.05, 0) is 40.1 Å². The Labute approximate surface area is 135 Å². The first-order valence-electron chi connectivity index (χ1n) is 7.68. The molecular weight excluding hydrogens is 292 g/mol. The number of nitrogen functional groups attached to an aromatic ring is 1. The van der Waals surface area contributed by atoms with Gasteiger partial charge in [0.2, 0.25) is 5.43 Å². The maximum absolute atomic E-state index is 12.7. The molecule has 0 aliphatic rings. The Bertz CT molecular complexity index is 778. The SMILES string of the molecule is CC(C)NC(=O)c1cn(CCN(C)C)c2cccc(N)c2c1=O. The molecule has 0 saturated carbocycles. The fourth-order valence-corrected chi connectivity index (χ4v) is 2.46. The standard InChI is InChI=1S/C17H24N4O2/c1-11(2)19-17(23)12-10-21(9-8-20(3)4)14-7-5-6-13(18)15(14)16(12)22/h5-7,10-11H,8-9,18H2,1-4H3,(H,19,23). The molecule has 2 rings (SSSR count). The molecule has 1 aromatic heterocycles. The molecule has 0 fully saturated rings. The average molecular weight is 316 g/mol. The van der Waals surface area contributed by atoms with Crippen LogP contribution in [0.4, 0.5) is 5.69 Å². The number of aromatic nitrogens is 1. The van der Waals surface area contributed by atoms with Gasteiger partial charge in [0.05, 0.1) is 10.9 Å². The first-order chi connectivity index (χ1) is 10.8. The zero-order valence-corrected chi connectivity index (χ0v) is 14.1. The number of fused-ring (bicyclic) bond motifs is 1. The number of pyridine rings is 1. The summed E-state index contributed by atoms with van der Waals surface area (Å²) < 4.78 is 1.92. The van der Waals surface area contributed by atoms with Crippen molar-refractivity contribution in [1.82, 2.24) is 14.8 Å². The highest BCUT2D eigenvalue weighted by atomic mass is 16.2. The van der Waals surface area contributed by atoms with Gasteiger partial charge in [0, 0.05) is 31.0 Å². The van der Waals surface area contributed by atoms with E-state index in [0.717, 1.165) is 12.1 Å². The van der Waals surface area contributed by atoms with Gasteiger partial charge in [-0.25, -0.2) is 0 Å². The lowest BCUT2D eigenvalue weighted by Crippen LogP contribution is -2.34. The quantitative estimate of drug-likeness (QED) is 0.815. The Balaban J connectivity index is 2.64. The number of rotatable bonds is 5. The molecule has 124 valence electrons. The number of hydrogen-bond donors (Lipinski definition) is 2. The molecule has 1 aromatic carbocycles. The Morgan fingerprint density at radius 3 is 2.65 bits per heavy atom. The number of carbonyl (C=O) groups is 1. The Morgan fingerprint density at radius 1 is 1.35 bits per heavy atom. The summed E-state index contributed by atoms with van der Waals surface area (Å²) in [6, 6.07) is 5.31. The minimum absolute atomic E-state index is 0.0408. The summed E-state index contributed by atoms with van der Waals surface area (Å²) in [6.07, 6.45) is 1.63. The molecule has 0 aliphatic heterocycles. The highest BCUT2D eigenvalue weighted by Gasteiger charge is 2.17. The molecule has 0 spiro atoms. The molecule has 0 radical (unpaired) electrons. The van der Waals surface area contributed by atoms with Crippen LogP contribution in [0.25, 0.3) is 10.9 Å². The van der Waals surface area contributed by atoms with Crippen molar-refractivity contribution in [3.05, 3.63) is 40.2 Å². The number of amides is 1. The van der Waals surface area contributed by atoms with Crippen molar-refractivity contribution in [3.63, 3.8) is 0 Å². The lowest BCUT2D eigenvalue weighted by Gasteiger charge is -2.17. The van der Waals surface area contributed by atoms with Crippen molar-refractivity contribution in [3.8, 4) is 0 Å². The highest BCUT2D eigenvalue weighted by Crippen LogP contribution is 2.18. The number of hydrogen-bond acceptors (Lipinski definition) is 4. The van der Waals surface area contributed by atoms with E-state index in [9.17, 15) is 9.59 Å². The smallest absolute Gasteiger partial charge is 0.256 e. The lowest BCUT2D eigenvalue weighted by atomic mass is 10.1. The molecule has 6 heteroatoms. The van der Waals surface area contributed by atoms with Gasteiger partial charge in [-0.15, -0.1) is 0 Å². The number of benzene rings is 1. The van der Waals surface area contributed by atoms with Crippen LogP contribution in [-0.2, 0) is 6.54 Å². The van der Waals surface area contributed by atoms with E-state index < -0.39 is 0 Å². The van der Waals surface area contributed by atoms with E-state index >= 15 is 0 Å². The van der Waals surface area contributed by atoms with Crippen molar-refractivity contribution in [2.75, 3.05) is 26.4 Å². The number of anilines is 1. The van der Waals surface area contributed by atoms with E-state index in [1.165, 1.54) is 0 Å². The van der Waals surface area contributed by atoms with E-state index in [2.05, 4.69) is 5.32 Å². The van der Waals surface area contributed by atoms with E-state index in [1.807, 2.05) is 49.5 Å². The Hall–Kier alpha value is -2.34. The van der Waals surface area contributed by atoms with Gasteiger partial charge in [-0.2, -0.15) is 0 Å². The second-order valence-electron chi connectivity index (χ2n) is 6.24. The maximum Gasteiger partial charge on any atom is 0.256 e. The van der Waals surface area contributed by atoms with Gasteiger partial charge in [0.1, 0.15) is 5.56 Å². The van der Waals surface area contributed by atoms with Crippen LogP contribution in [-0.4, -0.2) is 42.1 Å². The molecule has 0 aliphatic carbocycles. The zero-order chi connectivity index (χ0) is 17.1. The number of nitrogens with two attached hydrogens (primary N) is 1. The molecule has 1 amide bonds. The lowest BCUT2D eigenvalue weighted by molar-refractivity contribution is 0.0941. The summed E-state index contributed by atoms with van der Waals surface area (Å²) in [5.41, 5.74) is 6.94. The summed E-state index contributed by atoms with van der Waals surface area (Å²) in [7, 11) is 3.96.